The number of carbonyl (C=O) groups excluding carboxylic acids is 1. The molecule has 1 aromatic carbocycles. The van der Waals surface area contributed by atoms with Gasteiger partial charge in [0, 0.05) is 25.2 Å². The maximum atomic E-state index is 10.9. The number of halogens is 1. The standard InChI is InChI=1S/C12H16ClNO3/c1-16-9-12(15)17-7-6-14-8-10-4-2-3-5-11(10)13/h2-5,14H,6-9H2,1H3. The fourth-order valence-corrected chi connectivity index (χ4v) is 1.46. The van der Waals surface area contributed by atoms with Crippen LogP contribution < -0.4 is 5.32 Å². The van der Waals surface area contributed by atoms with E-state index >= 15 is 0 Å². The number of benzene rings is 1. The Balaban J connectivity index is 2.13. The van der Waals surface area contributed by atoms with Gasteiger partial charge in [-0.1, -0.05) is 29.8 Å². The Bertz CT molecular complexity index is 357. The molecular weight excluding hydrogens is 242 g/mol. The highest BCUT2D eigenvalue weighted by Crippen LogP contribution is 2.13. The summed E-state index contributed by atoms with van der Waals surface area (Å²) < 4.78 is 9.52. The maximum absolute atomic E-state index is 10.9. The van der Waals surface area contributed by atoms with Crippen LogP contribution in [0.3, 0.4) is 0 Å². The zero-order valence-electron chi connectivity index (χ0n) is 9.74. The molecule has 1 N–H and O–H groups in total. The molecular formula is C12H16ClNO3. The molecule has 0 unspecified atom stereocenters. The van der Waals surface area contributed by atoms with Gasteiger partial charge in [-0.2, -0.15) is 0 Å². The van der Waals surface area contributed by atoms with Crippen LogP contribution in [0, 0.1) is 0 Å². The molecule has 0 aliphatic carbocycles. The van der Waals surface area contributed by atoms with Crippen LogP contribution in [0.15, 0.2) is 24.3 Å². The van der Waals surface area contributed by atoms with Crippen molar-refractivity contribution in [2.45, 2.75) is 6.54 Å². The summed E-state index contributed by atoms with van der Waals surface area (Å²) in [7, 11) is 1.46. The SMILES string of the molecule is COCC(=O)OCCNCc1ccccc1Cl. The third-order valence-corrected chi connectivity index (χ3v) is 2.45. The van der Waals surface area contributed by atoms with Crippen LogP contribution >= 0.6 is 11.6 Å². The molecule has 0 aliphatic rings. The molecule has 1 rings (SSSR count). The third-order valence-electron chi connectivity index (χ3n) is 2.08. The zero-order chi connectivity index (χ0) is 12.5. The Morgan fingerprint density at radius 3 is 2.88 bits per heavy atom. The average Bonchev–Trinajstić information content (AvgIpc) is 2.31. The van der Waals surface area contributed by atoms with Crippen molar-refractivity contribution in [2.75, 3.05) is 26.9 Å². The molecule has 0 heterocycles. The molecule has 0 saturated heterocycles. The fraction of sp³-hybridized carbons (Fsp3) is 0.417. The molecule has 0 amide bonds. The molecule has 17 heavy (non-hydrogen) atoms. The molecule has 0 radical (unpaired) electrons. The van der Waals surface area contributed by atoms with Crippen molar-refractivity contribution in [1.82, 2.24) is 5.32 Å². The van der Waals surface area contributed by atoms with Crippen molar-refractivity contribution in [3.63, 3.8) is 0 Å². The van der Waals surface area contributed by atoms with Crippen molar-refractivity contribution in [2.24, 2.45) is 0 Å². The second kappa shape index (κ2) is 8.06. The summed E-state index contributed by atoms with van der Waals surface area (Å²) in [5.41, 5.74) is 1.03. The monoisotopic (exact) mass is 257 g/mol. The fourth-order valence-electron chi connectivity index (χ4n) is 1.26. The van der Waals surface area contributed by atoms with Crippen LogP contribution in [0.4, 0.5) is 0 Å². The average molecular weight is 258 g/mol. The highest BCUT2D eigenvalue weighted by atomic mass is 35.5. The van der Waals surface area contributed by atoms with Gasteiger partial charge in [0.1, 0.15) is 13.2 Å². The molecule has 0 aromatic heterocycles. The Hall–Kier alpha value is -1.10. The van der Waals surface area contributed by atoms with E-state index in [2.05, 4.69) is 10.1 Å². The van der Waals surface area contributed by atoms with Gasteiger partial charge < -0.3 is 14.8 Å². The molecule has 94 valence electrons. The summed E-state index contributed by atoms with van der Waals surface area (Å²) >= 11 is 5.99. The summed E-state index contributed by atoms with van der Waals surface area (Å²) in [5, 5.41) is 3.87. The zero-order valence-corrected chi connectivity index (χ0v) is 10.5. The van der Waals surface area contributed by atoms with Gasteiger partial charge in [-0.25, -0.2) is 4.79 Å². The number of nitrogens with one attached hydrogen (secondary N) is 1. The van der Waals surface area contributed by atoms with Crippen molar-refractivity contribution < 1.29 is 14.3 Å². The van der Waals surface area contributed by atoms with E-state index < -0.39 is 0 Å². The van der Waals surface area contributed by atoms with Gasteiger partial charge in [-0.15, -0.1) is 0 Å². The van der Waals surface area contributed by atoms with E-state index in [-0.39, 0.29) is 12.6 Å². The number of esters is 1. The maximum Gasteiger partial charge on any atom is 0.332 e. The van der Waals surface area contributed by atoms with E-state index in [0.29, 0.717) is 19.7 Å². The number of hydrogen-bond donors (Lipinski definition) is 1. The number of hydrogen-bond acceptors (Lipinski definition) is 4. The predicted octanol–water partition coefficient (Wildman–Crippen LogP) is 1.62. The summed E-state index contributed by atoms with van der Waals surface area (Å²) in [6.07, 6.45) is 0. The summed E-state index contributed by atoms with van der Waals surface area (Å²) in [4.78, 5) is 10.9. The Kier molecular flexibility index (Phi) is 6.62. The summed E-state index contributed by atoms with van der Waals surface area (Å²) in [6, 6.07) is 7.61. The molecule has 0 bridgehead atoms. The number of ether oxygens (including phenoxy) is 2. The largest absolute Gasteiger partial charge is 0.463 e. The van der Waals surface area contributed by atoms with Crippen LogP contribution in [0.1, 0.15) is 5.56 Å². The Morgan fingerprint density at radius 2 is 2.18 bits per heavy atom. The molecule has 0 fully saturated rings. The Morgan fingerprint density at radius 1 is 1.41 bits per heavy atom. The molecule has 1 aromatic rings. The van der Waals surface area contributed by atoms with Crippen molar-refractivity contribution in [1.29, 1.82) is 0 Å². The summed E-state index contributed by atoms with van der Waals surface area (Å²) in [5.74, 6) is -0.355. The van der Waals surface area contributed by atoms with Crippen molar-refractivity contribution >= 4 is 17.6 Å². The lowest BCUT2D eigenvalue weighted by Gasteiger charge is -2.07. The lowest BCUT2D eigenvalue weighted by molar-refractivity contribution is -0.147. The van der Waals surface area contributed by atoms with Crippen LogP contribution in [-0.4, -0.2) is 32.8 Å². The number of methoxy groups -OCH3 is 1. The van der Waals surface area contributed by atoms with Gasteiger partial charge in [0.05, 0.1) is 0 Å². The van der Waals surface area contributed by atoms with Gasteiger partial charge in [-0.05, 0) is 11.6 Å². The van der Waals surface area contributed by atoms with E-state index in [1.807, 2.05) is 24.3 Å². The second-order valence-corrected chi connectivity index (χ2v) is 3.83. The van der Waals surface area contributed by atoms with Gasteiger partial charge in [0.25, 0.3) is 0 Å². The van der Waals surface area contributed by atoms with E-state index in [4.69, 9.17) is 16.3 Å². The quantitative estimate of drug-likeness (QED) is 0.596. The molecule has 5 heteroatoms. The normalized spacial score (nSPS) is 10.2. The van der Waals surface area contributed by atoms with Crippen molar-refractivity contribution in [3.8, 4) is 0 Å². The van der Waals surface area contributed by atoms with Crippen molar-refractivity contribution in [3.05, 3.63) is 34.9 Å². The molecule has 0 spiro atoms. The number of rotatable bonds is 7. The first-order valence-electron chi connectivity index (χ1n) is 5.32. The van der Waals surface area contributed by atoms with Crippen LogP contribution in [0.25, 0.3) is 0 Å². The minimum atomic E-state index is -0.355. The minimum Gasteiger partial charge on any atom is -0.463 e. The smallest absolute Gasteiger partial charge is 0.332 e. The lowest BCUT2D eigenvalue weighted by Crippen LogP contribution is -2.22. The summed E-state index contributed by atoms with van der Waals surface area (Å²) in [6.45, 7) is 1.55. The van der Waals surface area contributed by atoms with Gasteiger partial charge in [0.2, 0.25) is 0 Å². The van der Waals surface area contributed by atoms with Gasteiger partial charge >= 0.3 is 5.97 Å². The topological polar surface area (TPSA) is 47.6 Å². The van der Waals surface area contributed by atoms with Crippen LogP contribution in [-0.2, 0) is 20.8 Å². The molecule has 0 saturated carbocycles. The molecule has 4 nitrogen and oxygen atoms in total. The predicted molar refractivity (Wildman–Crippen MR) is 66.0 cm³/mol. The van der Waals surface area contributed by atoms with Crippen LogP contribution in [0.5, 0.6) is 0 Å². The lowest BCUT2D eigenvalue weighted by atomic mass is 10.2. The van der Waals surface area contributed by atoms with E-state index in [1.54, 1.807) is 0 Å². The van der Waals surface area contributed by atoms with Gasteiger partial charge in [-0.3, -0.25) is 0 Å². The molecule has 0 aliphatic heterocycles. The third kappa shape index (κ3) is 5.68. The first-order valence-corrected chi connectivity index (χ1v) is 5.70. The van der Waals surface area contributed by atoms with Crippen LogP contribution in [0.2, 0.25) is 5.02 Å². The van der Waals surface area contributed by atoms with E-state index in [9.17, 15) is 4.79 Å². The number of carbonyl (C=O) groups is 1. The highest BCUT2D eigenvalue weighted by Gasteiger charge is 2.01. The second-order valence-electron chi connectivity index (χ2n) is 3.42. The molecule has 0 atom stereocenters. The Labute approximate surface area is 106 Å². The first kappa shape index (κ1) is 14.0. The van der Waals surface area contributed by atoms with Gasteiger partial charge in [0.15, 0.2) is 0 Å². The highest BCUT2D eigenvalue weighted by molar-refractivity contribution is 6.31. The first-order chi connectivity index (χ1) is 8.24. The van der Waals surface area contributed by atoms with E-state index in [1.165, 1.54) is 7.11 Å². The van der Waals surface area contributed by atoms with E-state index in [0.717, 1.165) is 10.6 Å². The minimum absolute atomic E-state index is 0.00941.